The average Bonchev–Trinajstić information content (AvgIpc) is 2.23. The SMILES string of the molecule is CNCCC#Cc1cc(Br)cc(C(=O)O)c1. The zero-order valence-corrected chi connectivity index (χ0v) is 10.5. The van der Waals surface area contributed by atoms with Crippen molar-refractivity contribution in [3.63, 3.8) is 0 Å². The Hall–Kier alpha value is -1.31. The number of hydrogen-bond donors (Lipinski definition) is 2. The lowest BCUT2D eigenvalue weighted by molar-refractivity contribution is 0.0697. The molecular formula is C12H12BrNO2. The molecule has 0 spiro atoms. The van der Waals surface area contributed by atoms with E-state index >= 15 is 0 Å². The number of carboxylic acids is 1. The molecule has 2 N–H and O–H groups in total. The smallest absolute Gasteiger partial charge is 0.335 e. The van der Waals surface area contributed by atoms with E-state index in [1.807, 2.05) is 7.05 Å². The monoisotopic (exact) mass is 281 g/mol. The van der Waals surface area contributed by atoms with Crippen LogP contribution >= 0.6 is 15.9 Å². The summed E-state index contributed by atoms with van der Waals surface area (Å²) in [6.45, 7) is 0.826. The molecule has 84 valence electrons. The van der Waals surface area contributed by atoms with Gasteiger partial charge in [-0.25, -0.2) is 4.79 Å². The number of carboxylic acid groups (broad SMARTS) is 1. The maximum absolute atomic E-state index is 10.8. The molecule has 0 aliphatic carbocycles. The maximum Gasteiger partial charge on any atom is 0.335 e. The molecule has 0 heterocycles. The molecule has 0 radical (unpaired) electrons. The Balaban J connectivity index is 2.86. The summed E-state index contributed by atoms with van der Waals surface area (Å²) in [4.78, 5) is 10.8. The number of rotatable bonds is 3. The van der Waals surface area contributed by atoms with E-state index < -0.39 is 5.97 Å². The molecule has 0 amide bonds. The molecule has 16 heavy (non-hydrogen) atoms. The molecule has 0 saturated heterocycles. The fourth-order valence-electron chi connectivity index (χ4n) is 1.14. The highest BCUT2D eigenvalue weighted by atomic mass is 79.9. The zero-order valence-electron chi connectivity index (χ0n) is 8.88. The molecule has 3 nitrogen and oxygen atoms in total. The van der Waals surface area contributed by atoms with Gasteiger partial charge in [-0.2, -0.15) is 0 Å². The zero-order chi connectivity index (χ0) is 12.0. The Morgan fingerprint density at radius 2 is 2.25 bits per heavy atom. The summed E-state index contributed by atoms with van der Waals surface area (Å²) < 4.78 is 0.727. The fourth-order valence-corrected chi connectivity index (χ4v) is 1.63. The summed E-state index contributed by atoms with van der Waals surface area (Å²) in [6.07, 6.45) is 0.741. The van der Waals surface area contributed by atoms with Crippen LogP contribution in [0.4, 0.5) is 0 Å². The van der Waals surface area contributed by atoms with Gasteiger partial charge in [0, 0.05) is 23.0 Å². The van der Waals surface area contributed by atoms with Crippen LogP contribution in [0.25, 0.3) is 0 Å². The Morgan fingerprint density at radius 1 is 1.50 bits per heavy atom. The second-order valence-corrected chi connectivity index (χ2v) is 4.10. The minimum Gasteiger partial charge on any atom is -0.478 e. The van der Waals surface area contributed by atoms with Gasteiger partial charge in [0.15, 0.2) is 0 Å². The maximum atomic E-state index is 10.8. The molecule has 1 aromatic carbocycles. The minimum absolute atomic E-state index is 0.243. The van der Waals surface area contributed by atoms with Crippen molar-refractivity contribution in [1.29, 1.82) is 0 Å². The summed E-state index contributed by atoms with van der Waals surface area (Å²) in [5, 5.41) is 11.9. The number of nitrogens with one attached hydrogen (secondary N) is 1. The van der Waals surface area contributed by atoms with Crippen molar-refractivity contribution in [2.45, 2.75) is 6.42 Å². The molecular weight excluding hydrogens is 270 g/mol. The predicted molar refractivity (Wildman–Crippen MR) is 66.5 cm³/mol. The highest BCUT2D eigenvalue weighted by Crippen LogP contribution is 2.15. The van der Waals surface area contributed by atoms with E-state index in [4.69, 9.17) is 5.11 Å². The molecule has 0 saturated carbocycles. The van der Waals surface area contributed by atoms with Gasteiger partial charge in [0.05, 0.1) is 5.56 Å². The predicted octanol–water partition coefficient (Wildman–Crippen LogP) is 2.11. The van der Waals surface area contributed by atoms with E-state index in [0.717, 1.165) is 17.4 Å². The molecule has 4 heteroatoms. The van der Waals surface area contributed by atoms with Gasteiger partial charge in [-0.05, 0) is 25.2 Å². The van der Waals surface area contributed by atoms with Crippen molar-refractivity contribution in [2.75, 3.05) is 13.6 Å². The largest absolute Gasteiger partial charge is 0.478 e. The normalized spacial score (nSPS) is 9.38. The number of benzene rings is 1. The van der Waals surface area contributed by atoms with Gasteiger partial charge >= 0.3 is 5.97 Å². The molecule has 0 unspecified atom stereocenters. The van der Waals surface area contributed by atoms with Gasteiger partial charge in [0.2, 0.25) is 0 Å². The summed E-state index contributed by atoms with van der Waals surface area (Å²) in [5.41, 5.74) is 0.954. The lowest BCUT2D eigenvalue weighted by Gasteiger charge is -1.97. The summed E-state index contributed by atoms with van der Waals surface area (Å²) >= 11 is 3.26. The highest BCUT2D eigenvalue weighted by Gasteiger charge is 2.04. The summed E-state index contributed by atoms with van der Waals surface area (Å²) in [5.74, 6) is 4.96. The Labute approximate surface area is 103 Å². The summed E-state index contributed by atoms with van der Waals surface area (Å²) in [7, 11) is 1.86. The highest BCUT2D eigenvalue weighted by molar-refractivity contribution is 9.10. The number of halogens is 1. The second-order valence-electron chi connectivity index (χ2n) is 3.19. The van der Waals surface area contributed by atoms with Crippen LogP contribution in [0, 0.1) is 11.8 Å². The third-order valence-electron chi connectivity index (χ3n) is 1.88. The summed E-state index contributed by atoms with van der Waals surface area (Å²) in [6, 6.07) is 4.93. The molecule has 0 aliphatic heterocycles. The van der Waals surface area contributed by atoms with E-state index in [2.05, 4.69) is 33.1 Å². The second kappa shape index (κ2) is 6.31. The van der Waals surface area contributed by atoms with Crippen molar-refractivity contribution >= 4 is 21.9 Å². The molecule has 1 aromatic rings. The van der Waals surface area contributed by atoms with Gasteiger partial charge in [-0.15, -0.1) is 0 Å². The van der Waals surface area contributed by atoms with Crippen molar-refractivity contribution in [2.24, 2.45) is 0 Å². The van der Waals surface area contributed by atoms with Crippen LogP contribution in [0.3, 0.4) is 0 Å². The van der Waals surface area contributed by atoms with Crippen molar-refractivity contribution in [3.05, 3.63) is 33.8 Å². The molecule has 0 bridgehead atoms. The Bertz CT molecular complexity index is 446. The van der Waals surface area contributed by atoms with Gasteiger partial charge in [-0.3, -0.25) is 0 Å². The van der Waals surface area contributed by atoms with Crippen molar-refractivity contribution in [3.8, 4) is 11.8 Å². The Kier molecular flexibility index (Phi) is 5.03. The van der Waals surface area contributed by atoms with Crippen LogP contribution in [0.2, 0.25) is 0 Å². The van der Waals surface area contributed by atoms with Crippen LogP contribution in [0.1, 0.15) is 22.3 Å². The number of hydrogen-bond acceptors (Lipinski definition) is 2. The van der Waals surface area contributed by atoms with Crippen molar-refractivity contribution in [1.82, 2.24) is 5.32 Å². The van der Waals surface area contributed by atoms with Crippen LogP contribution in [0.5, 0.6) is 0 Å². The van der Waals surface area contributed by atoms with E-state index in [9.17, 15) is 4.79 Å². The van der Waals surface area contributed by atoms with Gasteiger partial charge in [0.25, 0.3) is 0 Å². The van der Waals surface area contributed by atoms with Crippen molar-refractivity contribution < 1.29 is 9.90 Å². The van der Waals surface area contributed by atoms with E-state index in [1.165, 1.54) is 0 Å². The van der Waals surface area contributed by atoms with Crippen LogP contribution in [0.15, 0.2) is 22.7 Å². The number of aromatic carboxylic acids is 1. The van der Waals surface area contributed by atoms with Crippen LogP contribution in [-0.4, -0.2) is 24.7 Å². The third-order valence-corrected chi connectivity index (χ3v) is 2.34. The standard InChI is InChI=1S/C12H12BrNO2/c1-14-5-3-2-4-9-6-10(12(15)16)8-11(13)7-9/h6-8,14H,3,5H2,1H3,(H,15,16). The Morgan fingerprint density at radius 3 is 2.88 bits per heavy atom. The molecule has 0 aromatic heterocycles. The van der Waals surface area contributed by atoms with Gasteiger partial charge < -0.3 is 10.4 Å². The third kappa shape index (κ3) is 4.05. The first-order valence-corrected chi connectivity index (χ1v) is 5.60. The first kappa shape index (κ1) is 12.8. The van der Waals surface area contributed by atoms with Gasteiger partial charge in [0.1, 0.15) is 0 Å². The van der Waals surface area contributed by atoms with Crippen LogP contribution in [-0.2, 0) is 0 Å². The fraction of sp³-hybridized carbons (Fsp3) is 0.250. The van der Waals surface area contributed by atoms with Gasteiger partial charge in [-0.1, -0.05) is 27.8 Å². The van der Waals surface area contributed by atoms with E-state index in [1.54, 1.807) is 18.2 Å². The first-order chi connectivity index (χ1) is 7.63. The molecule has 1 rings (SSSR count). The van der Waals surface area contributed by atoms with E-state index in [-0.39, 0.29) is 5.56 Å². The molecule has 0 aliphatic rings. The molecule has 0 fully saturated rings. The van der Waals surface area contributed by atoms with E-state index in [0.29, 0.717) is 5.56 Å². The van der Waals surface area contributed by atoms with Crippen LogP contribution < -0.4 is 5.32 Å². The topological polar surface area (TPSA) is 49.3 Å². The number of carbonyl (C=O) groups is 1. The first-order valence-electron chi connectivity index (χ1n) is 4.81. The quantitative estimate of drug-likeness (QED) is 0.659. The average molecular weight is 282 g/mol. The lowest BCUT2D eigenvalue weighted by Crippen LogP contribution is -2.05. The molecule has 0 atom stereocenters. The minimum atomic E-state index is -0.945. The lowest BCUT2D eigenvalue weighted by atomic mass is 10.1.